The normalized spacial score (nSPS) is 21.7. The summed E-state index contributed by atoms with van der Waals surface area (Å²) in [5.74, 6) is -0.118. The third-order valence-electron chi connectivity index (χ3n) is 7.75. The molecule has 4 heteroatoms. The molecule has 2 aliphatic rings. The zero-order valence-electron chi connectivity index (χ0n) is 20.6. The van der Waals surface area contributed by atoms with Crippen LogP contribution in [-0.4, -0.2) is 42.1 Å². The molecule has 0 bridgehead atoms. The van der Waals surface area contributed by atoms with Crippen LogP contribution in [-0.2, 0) is 9.53 Å². The fourth-order valence-corrected chi connectivity index (χ4v) is 6.00. The van der Waals surface area contributed by atoms with Crippen LogP contribution in [0.3, 0.4) is 0 Å². The minimum Gasteiger partial charge on any atom is -0.367 e. The van der Waals surface area contributed by atoms with Crippen LogP contribution >= 0.6 is 0 Å². The molecule has 0 aliphatic carbocycles. The standard InChI is InChI=1S/C31H36N2O2/c1-2-33(30(34)29(25-14-8-4-9-15-25)26-16-10-5-11-17-26)27-22-28(24-12-6-3-7-13-24)35-31(23-27)18-20-32-21-19-31/h3-17,27-29,32H,2,18-23H2,1H3. The van der Waals surface area contributed by atoms with Gasteiger partial charge >= 0.3 is 0 Å². The second-order valence-electron chi connectivity index (χ2n) is 9.92. The van der Waals surface area contributed by atoms with Crippen molar-refractivity contribution < 1.29 is 9.53 Å². The molecule has 182 valence electrons. The van der Waals surface area contributed by atoms with Crippen molar-refractivity contribution in [1.82, 2.24) is 10.2 Å². The van der Waals surface area contributed by atoms with Gasteiger partial charge in [-0.1, -0.05) is 91.0 Å². The number of amides is 1. The average molecular weight is 469 g/mol. The van der Waals surface area contributed by atoms with E-state index in [9.17, 15) is 4.79 Å². The summed E-state index contributed by atoms with van der Waals surface area (Å²) in [4.78, 5) is 16.5. The van der Waals surface area contributed by atoms with E-state index >= 15 is 0 Å². The Balaban J connectivity index is 1.49. The van der Waals surface area contributed by atoms with Gasteiger partial charge in [-0.25, -0.2) is 0 Å². The number of carbonyl (C=O) groups excluding carboxylic acids is 1. The van der Waals surface area contributed by atoms with Crippen molar-refractivity contribution in [3.63, 3.8) is 0 Å². The number of nitrogens with zero attached hydrogens (tertiary/aromatic N) is 1. The first-order valence-electron chi connectivity index (χ1n) is 13.0. The first-order chi connectivity index (χ1) is 17.2. The molecule has 4 nitrogen and oxygen atoms in total. The van der Waals surface area contributed by atoms with E-state index in [4.69, 9.17) is 4.74 Å². The number of nitrogens with one attached hydrogen (secondary N) is 1. The predicted octanol–water partition coefficient (Wildman–Crippen LogP) is 5.71. The number of hydrogen-bond donors (Lipinski definition) is 1. The fraction of sp³-hybridized carbons (Fsp3) is 0.387. The van der Waals surface area contributed by atoms with Crippen molar-refractivity contribution in [2.75, 3.05) is 19.6 Å². The van der Waals surface area contributed by atoms with Crippen LogP contribution in [0.1, 0.15) is 61.3 Å². The number of ether oxygens (including phenoxy) is 1. The SMILES string of the molecule is CCN(C(=O)C(c1ccccc1)c1ccccc1)C1CC(c2ccccc2)OC2(CCNCC2)C1. The summed E-state index contributed by atoms with van der Waals surface area (Å²) in [5.41, 5.74) is 3.12. The summed E-state index contributed by atoms with van der Waals surface area (Å²) >= 11 is 0. The highest BCUT2D eigenvalue weighted by atomic mass is 16.5. The Labute approximate surface area is 209 Å². The van der Waals surface area contributed by atoms with Crippen LogP contribution in [0.4, 0.5) is 0 Å². The van der Waals surface area contributed by atoms with E-state index < -0.39 is 0 Å². The van der Waals surface area contributed by atoms with E-state index in [2.05, 4.69) is 71.7 Å². The van der Waals surface area contributed by atoms with Crippen LogP contribution < -0.4 is 5.32 Å². The summed E-state index contributed by atoms with van der Waals surface area (Å²) < 4.78 is 6.86. The van der Waals surface area contributed by atoms with Crippen molar-refractivity contribution in [2.45, 2.75) is 56.3 Å². The molecule has 0 saturated carbocycles. The van der Waals surface area contributed by atoms with Crippen LogP contribution in [0.2, 0.25) is 0 Å². The topological polar surface area (TPSA) is 41.6 Å². The van der Waals surface area contributed by atoms with Gasteiger partial charge in [-0.05, 0) is 62.4 Å². The Kier molecular flexibility index (Phi) is 7.31. The van der Waals surface area contributed by atoms with Crippen LogP contribution in [0, 0.1) is 0 Å². The first-order valence-corrected chi connectivity index (χ1v) is 13.0. The van der Waals surface area contributed by atoms with E-state index in [1.54, 1.807) is 0 Å². The van der Waals surface area contributed by atoms with Crippen LogP contribution in [0.25, 0.3) is 0 Å². The summed E-state index contributed by atoms with van der Waals surface area (Å²) in [5, 5.41) is 3.49. The van der Waals surface area contributed by atoms with Gasteiger partial charge in [0, 0.05) is 12.6 Å². The largest absolute Gasteiger partial charge is 0.367 e. The number of rotatable bonds is 6. The molecule has 0 aromatic heterocycles. The molecule has 1 amide bonds. The Morgan fingerprint density at radius 2 is 1.46 bits per heavy atom. The van der Waals surface area contributed by atoms with Gasteiger partial charge in [0.1, 0.15) is 0 Å². The zero-order chi connectivity index (χ0) is 24.1. The minimum atomic E-state index is -0.306. The van der Waals surface area contributed by atoms with Gasteiger partial charge in [0.2, 0.25) is 5.91 Å². The Bertz CT molecular complexity index is 1040. The average Bonchev–Trinajstić information content (AvgIpc) is 2.91. The monoisotopic (exact) mass is 468 g/mol. The fourth-order valence-electron chi connectivity index (χ4n) is 6.00. The molecule has 1 spiro atoms. The lowest BCUT2D eigenvalue weighted by Gasteiger charge is -2.50. The third-order valence-corrected chi connectivity index (χ3v) is 7.75. The van der Waals surface area contributed by atoms with Crippen molar-refractivity contribution in [3.8, 4) is 0 Å². The molecule has 5 rings (SSSR count). The highest BCUT2D eigenvalue weighted by Crippen LogP contribution is 2.44. The van der Waals surface area contributed by atoms with E-state index in [1.165, 1.54) is 5.56 Å². The Morgan fingerprint density at radius 3 is 2.00 bits per heavy atom. The van der Waals surface area contributed by atoms with Crippen molar-refractivity contribution in [2.24, 2.45) is 0 Å². The molecule has 1 N–H and O–H groups in total. The van der Waals surface area contributed by atoms with Crippen molar-refractivity contribution >= 4 is 5.91 Å². The van der Waals surface area contributed by atoms with Gasteiger partial charge in [0.15, 0.2) is 0 Å². The Morgan fingerprint density at radius 1 is 0.914 bits per heavy atom. The summed E-state index contributed by atoms with van der Waals surface area (Å²) in [6.45, 7) is 4.73. The molecule has 3 aromatic carbocycles. The minimum absolute atomic E-state index is 0.00167. The number of carbonyl (C=O) groups is 1. The number of likely N-dealkylation sites (N-methyl/N-ethyl adjacent to an activating group) is 1. The van der Waals surface area contributed by atoms with E-state index in [-0.39, 0.29) is 29.6 Å². The predicted molar refractivity (Wildman–Crippen MR) is 140 cm³/mol. The number of benzene rings is 3. The first kappa shape index (κ1) is 23.8. The molecule has 2 unspecified atom stereocenters. The van der Waals surface area contributed by atoms with Gasteiger partial charge in [0.25, 0.3) is 0 Å². The van der Waals surface area contributed by atoms with Crippen molar-refractivity contribution in [1.29, 1.82) is 0 Å². The maximum atomic E-state index is 14.4. The van der Waals surface area contributed by atoms with E-state index in [0.29, 0.717) is 6.54 Å². The van der Waals surface area contributed by atoms with Gasteiger partial charge in [-0.3, -0.25) is 4.79 Å². The maximum Gasteiger partial charge on any atom is 0.234 e. The highest BCUT2D eigenvalue weighted by Gasteiger charge is 2.45. The molecule has 2 atom stereocenters. The van der Waals surface area contributed by atoms with E-state index in [1.807, 2.05) is 36.4 Å². The maximum absolute atomic E-state index is 14.4. The molecule has 3 aromatic rings. The quantitative estimate of drug-likeness (QED) is 0.504. The van der Waals surface area contributed by atoms with Gasteiger partial charge in [-0.15, -0.1) is 0 Å². The molecular weight excluding hydrogens is 432 g/mol. The third kappa shape index (κ3) is 5.19. The summed E-state index contributed by atoms with van der Waals surface area (Å²) in [6.07, 6.45) is 3.70. The molecule has 35 heavy (non-hydrogen) atoms. The van der Waals surface area contributed by atoms with Crippen LogP contribution in [0.5, 0.6) is 0 Å². The molecular formula is C31H36N2O2. The van der Waals surface area contributed by atoms with Gasteiger partial charge in [0.05, 0.1) is 17.6 Å². The lowest BCUT2D eigenvalue weighted by molar-refractivity contribution is -0.171. The number of piperidine rings is 1. The Hall–Kier alpha value is -2.95. The zero-order valence-corrected chi connectivity index (χ0v) is 20.6. The van der Waals surface area contributed by atoms with Crippen molar-refractivity contribution in [3.05, 3.63) is 108 Å². The molecule has 2 aliphatic heterocycles. The smallest absolute Gasteiger partial charge is 0.234 e. The summed E-state index contributed by atoms with van der Waals surface area (Å²) in [6, 6.07) is 31.1. The lowest BCUT2D eigenvalue weighted by Crippen LogP contribution is -2.55. The second-order valence-corrected chi connectivity index (χ2v) is 9.92. The van der Waals surface area contributed by atoms with E-state index in [0.717, 1.165) is 49.9 Å². The number of hydrogen-bond acceptors (Lipinski definition) is 3. The molecule has 2 saturated heterocycles. The second kappa shape index (κ2) is 10.8. The van der Waals surface area contributed by atoms with Gasteiger partial charge in [-0.2, -0.15) is 0 Å². The highest BCUT2D eigenvalue weighted by molar-refractivity contribution is 5.87. The van der Waals surface area contributed by atoms with Gasteiger partial charge < -0.3 is 15.0 Å². The lowest BCUT2D eigenvalue weighted by atomic mass is 9.79. The molecule has 2 heterocycles. The summed E-state index contributed by atoms with van der Waals surface area (Å²) in [7, 11) is 0. The molecule has 2 fully saturated rings. The molecule has 0 radical (unpaired) electrons. The van der Waals surface area contributed by atoms with Crippen LogP contribution in [0.15, 0.2) is 91.0 Å².